The molecule has 0 aromatic carbocycles. The highest BCUT2D eigenvalue weighted by Crippen LogP contribution is 2.29. The predicted octanol–water partition coefficient (Wildman–Crippen LogP) is 2.81. The first-order valence-corrected chi connectivity index (χ1v) is 5.04. The summed E-state index contributed by atoms with van der Waals surface area (Å²) in [7, 11) is -1.45. The Morgan fingerprint density at radius 3 is 1.90 bits per heavy atom. The Bertz CT molecular complexity index is 126. The van der Waals surface area contributed by atoms with Crippen molar-refractivity contribution in [3.63, 3.8) is 0 Å². The number of hydrogen-bond donors (Lipinski definition) is 0. The van der Waals surface area contributed by atoms with Crippen molar-refractivity contribution in [2.75, 3.05) is 6.66 Å². The van der Waals surface area contributed by atoms with Gasteiger partial charge in [0.25, 0.3) is 0 Å². The molecule has 0 rings (SSSR count). The van der Waals surface area contributed by atoms with E-state index in [1.165, 1.54) is 0 Å². The summed E-state index contributed by atoms with van der Waals surface area (Å²) in [6.45, 7) is 9.72. The second kappa shape index (κ2) is 3.45. The zero-order valence-corrected chi connectivity index (χ0v) is 8.24. The summed E-state index contributed by atoms with van der Waals surface area (Å²) in [5, 5.41) is 0. The lowest BCUT2D eigenvalue weighted by Crippen LogP contribution is -2.23. The molecule has 0 amide bonds. The molecule has 0 bridgehead atoms. The van der Waals surface area contributed by atoms with E-state index in [2.05, 4.69) is 20.8 Å². The van der Waals surface area contributed by atoms with Gasteiger partial charge >= 0.3 is 8.03 Å². The van der Waals surface area contributed by atoms with Gasteiger partial charge in [0, 0.05) is 0 Å². The van der Waals surface area contributed by atoms with Gasteiger partial charge in [0.1, 0.15) is 6.10 Å². The lowest BCUT2D eigenvalue weighted by molar-refractivity contribution is 0.113. The lowest BCUT2D eigenvalue weighted by atomic mass is 9.91. The molecule has 3 heteroatoms. The van der Waals surface area contributed by atoms with Gasteiger partial charge in [-0.25, -0.2) is 0 Å². The quantitative estimate of drug-likeness (QED) is 0.585. The van der Waals surface area contributed by atoms with Crippen molar-refractivity contribution >= 4 is 8.03 Å². The van der Waals surface area contributed by atoms with Crippen molar-refractivity contribution in [3.05, 3.63) is 0 Å². The number of hydrogen-bond acceptors (Lipinski definition) is 2. The van der Waals surface area contributed by atoms with Crippen LogP contribution in [-0.2, 0) is 9.09 Å². The molecule has 0 fully saturated rings. The third kappa shape index (κ3) is 3.97. The molecule has 0 aliphatic rings. The first-order chi connectivity index (χ1) is 4.34. The van der Waals surface area contributed by atoms with E-state index in [-0.39, 0.29) is 11.5 Å². The van der Waals surface area contributed by atoms with Gasteiger partial charge in [0.05, 0.1) is 0 Å². The molecular weight excluding hydrogens is 147 g/mol. The minimum absolute atomic E-state index is 0.0566. The summed E-state index contributed by atoms with van der Waals surface area (Å²) in [5.41, 5.74) is 0.0843. The highest BCUT2D eigenvalue weighted by molar-refractivity contribution is 7.38. The largest absolute Gasteiger partial charge is 0.505 e. The van der Waals surface area contributed by atoms with Crippen molar-refractivity contribution in [2.45, 2.75) is 33.8 Å². The van der Waals surface area contributed by atoms with Crippen molar-refractivity contribution in [1.82, 2.24) is 0 Å². The maximum atomic E-state index is 10.6. The van der Waals surface area contributed by atoms with Crippen LogP contribution in [0.15, 0.2) is 0 Å². The molecule has 10 heavy (non-hydrogen) atoms. The average molecular weight is 163 g/mol. The molecule has 0 saturated heterocycles. The summed E-state index contributed by atoms with van der Waals surface area (Å²) >= 11 is 0. The van der Waals surface area contributed by atoms with E-state index in [0.717, 1.165) is 0 Å². The van der Waals surface area contributed by atoms with E-state index in [4.69, 9.17) is 4.52 Å². The molecule has 0 aromatic rings. The lowest BCUT2D eigenvalue weighted by Gasteiger charge is -2.21. The molecule has 0 spiro atoms. The minimum Gasteiger partial charge on any atom is -0.143 e. The van der Waals surface area contributed by atoms with Crippen LogP contribution < -0.4 is 0 Å². The van der Waals surface area contributed by atoms with E-state index in [1.807, 2.05) is 6.92 Å². The minimum atomic E-state index is -1.45. The maximum Gasteiger partial charge on any atom is 0.505 e. The van der Waals surface area contributed by atoms with E-state index in [0.29, 0.717) is 0 Å². The zero-order valence-electron chi connectivity index (χ0n) is 7.34. The van der Waals surface area contributed by atoms with Gasteiger partial charge < -0.3 is 0 Å². The third-order valence-electron chi connectivity index (χ3n) is 1.53. The van der Waals surface area contributed by atoms with Crippen LogP contribution in [0, 0.1) is 5.41 Å². The van der Waals surface area contributed by atoms with E-state index in [1.54, 1.807) is 6.66 Å². The van der Waals surface area contributed by atoms with Gasteiger partial charge in [-0.05, 0) is 16.9 Å². The Kier molecular flexibility index (Phi) is 3.47. The molecule has 2 atom stereocenters. The molecule has 0 radical (unpaired) electrons. The van der Waals surface area contributed by atoms with Gasteiger partial charge in [0.2, 0.25) is 0 Å². The second-order valence-corrected chi connectivity index (χ2v) is 4.64. The Hall–Kier alpha value is 0.0600. The molecule has 0 saturated carbocycles. The summed E-state index contributed by atoms with van der Waals surface area (Å²) < 4.78 is 15.8. The first kappa shape index (κ1) is 10.1. The fourth-order valence-electron chi connectivity index (χ4n) is 0.381. The van der Waals surface area contributed by atoms with Gasteiger partial charge in [-0.1, -0.05) is 20.8 Å². The molecule has 0 aliphatic heterocycles. The smallest absolute Gasteiger partial charge is 0.143 e. The summed E-state index contributed by atoms with van der Waals surface area (Å²) in [6, 6.07) is 0. The zero-order chi connectivity index (χ0) is 8.36. The van der Waals surface area contributed by atoms with Gasteiger partial charge in [-0.15, -0.1) is 4.52 Å². The van der Waals surface area contributed by atoms with Crippen LogP contribution >= 0.6 is 8.03 Å². The van der Waals surface area contributed by atoms with Crippen LogP contribution in [0.1, 0.15) is 27.7 Å². The van der Waals surface area contributed by atoms with Crippen molar-refractivity contribution in [3.8, 4) is 0 Å². The molecule has 0 aromatic heterocycles. The molecule has 0 aliphatic carbocycles. The molecule has 0 N–H and O–H groups in total. The molecule has 1 unspecified atom stereocenters. The van der Waals surface area contributed by atoms with Crippen LogP contribution in [-0.4, -0.2) is 12.8 Å². The van der Waals surface area contributed by atoms with Gasteiger partial charge in [-0.2, -0.15) is 0 Å². The molecule has 2 nitrogen and oxygen atoms in total. The third-order valence-corrected chi connectivity index (χ3v) is 2.14. The predicted molar refractivity (Wildman–Crippen MR) is 43.5 cm³/mol. The summed E-state index contributed by atoms with van der Waals surface area (Å²) in [5.74, 6) is 0. The van der Waals surface area contributed by atoms with Crippen LogP contribution in [0.25, 0.3) is 0 Å². The topological polar surface area (TPSA) is 26.3 Å². The van der Waals surface area contributed by atoms with Crippen LogP contribution in [0.2, 0.25) is 0 Å². The van der Waals surface area contributed by atoms with Crippen LogP contribution in [0.4, 0.5) is 0 Å². The van der Waals surface area contributed by atoms with Crippen molar-refractivity contribution < 1.29 is 9.09 Å². The molecular formula is C7H16O2P+. The highest BCUT2D eigenvalue weighted by atomic mass is 31.1. The van der Waals surface area contributed by atoms with E-state index >= 15 is 0 Å². The first-order valence-electron chi connectivity index (χ1n) is 3.41. The highest BCUT2D eigenvalue weighted by Gasteiger charge is 2.27. The van der Waals surface area contributed by atoms with Crippen LogP contribution in [0.3, 0.4) is 0 Å². The monoisotopic (exact) mass is 163 g/mol. The second-order valence-electron chi connectivity index (χ2n) is 3.55. The normalized spacial score (nSPS) is 16.7. The van der Waals surface area contributed by atoms with Crippen LogP contribution in [0.5, 0.6) is 0 Å². The van der Waals surface area contributed by atoms with Crippen molar-refractivity contribution in [1.29, 1.82) is 0 Å². The molecule has 0 heterocycles. The van der Waals surface area contributed by atoms with E-state index in [9.17, 15) is 4.57 Å². The Balaban J connectivity index is 3.85. The summed E-state index contributed by atoms with van der Waals surface area (Å²) in [4.78, 5) is 0. The fraction of sp³-hybridized carbons (Fsp3) is 1.00. The van der Waals surface area contributed by atoms with E-state index < -0.39 is 8.03 Å². The van der Waals surface area contributed by atoms with Gasteiger partial charge in [-0.3, -0.25) is 0 Å². The van der Waals surface area contributed by atoms with Crippen molar-refractivity contribution in [2.24, 2.45) is 5.41 Å². The Labute approximate surface area is 63.8 Å². The number of rotatable bonds is 2. The average Bonchev–Trinajstić information content (AvgIpc) is 1.60. The fourth-order valence-corrected chi connectivity index (χ4v) is 1.14. The van der Waals surface area contributed by atoms with Gasteiger partial charge in [0.15, 0.2) is 6.66 Å². The Morgan fingerprint density at radius 2 is 1.80 bits per heavy atom. The molecule has 60 valence electrons. The SMILES string of the molecule is C[C@@H](O[P+](C)=O)C(C)(C)C. The standard InChI is InChI=1S/C7H16O2P/c1-6(7(2,3)4)9-10(5)8/h6H,1-5H3/q+1/t6-/m1/s1. The summed E-state index contributed by atoms with van der Waals surface area (Å²) in [6.07, 6.45) is 0.0566. The maximum absolute atomic E-state index is 10.6. The Morgan fingerprint density at radius 1 is 1.40 bits per heavy atom.